The molecule has 15 heavy (non-hydrogen) atoms. The zero-order valence-corrected chi connectivity index (χ0v) is 9.58. The van der Waals surface area contributed by atoms with E-state index in [-0.39, 0.29) is 19.1 Å². The molecule has 4 N–H and O–H groups in total. The maximum atomic E-state index is 11.2. The normalized spacial score (nSPS) is 11.5. The van der Waals surface area contributed by atoms with Crippen LogP contribution in [0.5, 0.6) is 0 Å². The molecular formula is C10H22N2O3. The van der Waals surface area contributed by atoms with E-state index in [1.54, 1.807) is 0 Å². The van der Waals surface area contributed by atoms with Gasteiger partial charge in [0.05, 0.1) is 12.2 Å². The van der Waals surface area contributed by atoms with E-state index in [0.717, 1.165) is 0 Å². The van der Waals surface area contributed by atoms with Gasteiger partial charge >= 0.3 is 0 Å². The number of aliphatic hydroxyl groups is 1. The number of amides is 1. The van der Waals surface area contributed by atoms with Crippen LogP contribution in [0.2, 0.25) is 0 Å². The molecule has 0 saturated heterocycles. The van der Waals surface area contributed by atoms with Gasteiger partial charge in [-0.1, -0.05) is 13.8 Å². The van der Waals surface area contributed by atoms with E-state index < -0.39 is 5.60 Å². The number of carbonyl (C=O) groups is 1. The summed E-state index contributed by atoms with van der Waals surface area (Å²) in [5, 5.41) is 12.5. The summed E-state index contributed by atoms with van der Waals surface area (Å²) in [5.41, 5.74) is 4.40. The second kappa shape index (κ2) is 7.62. The van der Waals surface area contributed by atoms with Gasteiger partial charge in [-0.2, -0.15) is 0 Å². The lowest BCUT2D eigenvalue weighted by atomic mass is 9.98. The first-order valence-corrected chi connectivity index (χ1v) is 5.35. The standard InChI is InChI=1S/C10H22N2O3/c1-3-10(14,4-2)8-12-9(13)7-15-6-5-11/h14H,3-8,11H2,1-2H3,(H,12,13). The van der Waals surface area contributed by atoms with Crippen LogP contribution in [-0.2, 0) is 9.53 Å². The maximum absolute atomic E-state index is 11.2. The largest absolute Gasteiger partial charge is 0.388 e. The number of nitrogens with one attached hydrogen (secondary N) is 1. The second-order valence-corrected chi connectivity index (χ2v) is 3.55. The molecule has 0 aromatic carbocycles. The SMILES string of the molecule is CCC(O)(CC)CNC(=O)COCCN. The van der Waals surface area contributed by atoms with Crippen molar-refractivity contribution in [1.29, 1.82) is 0 Å². The Morgan fingerprint density at radius 1 is 1.47 bits per heavy atom. The summed E-state index contributed by atoms with van der Waals surface area (Å²) >= 11 is 0. The lowest BCUT2D eigenvalue weighted by molar-refractivity contribution is -0.126. The molecular weight excluding hydrogens is 196 g/mol. The Morgan fingerprint density at radius 3 is 2.53 bits per heavy atom. The van der Waals surface area contributed by atoms with Gasteiger partial charge in [-0.15, -0.1) is 0 Å². The molecule has 0 fully saturated rings. The average molecular weight is 218 g/mol. The fraction of sp³-hybridized carbons (Fsp3) is 0.900. The van der Waals surface area contributed by atoms with Crippen LogP contribution in [0.15, 0.2) is 0 Å². The number of ether oxygens (including phenoxy) is 1. The summed E-state index contributed by atoms with van der Waals surface area (Å²) in [7, 11) is 0. The number of hydrogen-bond acceptors (Lipinski definition) is 4. The highest BCUT2D eigenvalue weighted by Gasteiger charge is 2.22. The number of rotatable bonds is 8. The Hall–Kier alpha value is -0.650. The van der Waals surface area contributed by atoms with Gasteiger partial charge in [0.1, 0.15) is 6.61 Å². The first-order chi connectivity index (χ1) is 7.08. The van der Waals surface area contributed by atoms with Crippen LogP contribution in [0.1, 0.15) is 26.7 Å². The Bertz CT molecular complexity index is 182. The van der Waals surface area contributed by atoms with Crippen molar-refractivity contribution in [3.8, 4) is 0 Å². The zero-order valence-electron chi connectivity index (χ0n) is 9.58. The summed E-state index contributed by atoms with van der Waals surface area (Å²) in [4.78, 5) is 11.2. The molecule has 0 spiro atoms. The van der Waals surface area contributed by atoms with E-state index in [0.29, 0.717) is 26.0 Å². The third-order valence-electron chi connectivity index (χ3n) is 2.43. The third-order valence-corrected chi connectivity index (χ3v) is 2.43. The van der Waals surface area contributed by atoms with Gasteiger partial charge in [-0.05, 0) is 12.8 Å². The van der Waals surface area contributed by atoms with E-state index in [2.05, 4.69) is 5.32 Å². The average Bonchev–Trinajstić information content (AvgIpc) is 2.26. The van der Waals surface area contributed by atoms with Crippen molar-refractivity contribution in [2.24, 2.45) is 5.73 Å². The van der Waals surface area contributed by atoms with E-state index >= 15 is 0 Å². The number of nitrogens with two attached hydrogens (primary N) is 1. The Labute approximate surface area is 91.0 Å². The Morgan fingerprint density at radius 2 is 2.07 bits per heavy atom. The predicted molar refractivity (Wildman–Crippen MR) is 58.4 cm³/mol. The molecule has 0 aliphatic rings. The van der Waals surface area contributed by atoms with E-state index in [4.69, 9.17) is 10.5 Å². The van der Waals surface area contributed by atoms with Crippen LogP contribution in [0.3, 0.4) is 0 Å². The first-order valence-electron chi connectivity index (χ1n) is 5.35. The fourth-order valence-electron chi connectivity index (χ4n) is 1.06. The molecule has 0 aromatic rings. The van der Waals surface area contributed by atoms with E-state index in [1.165, 1.54) is 0 Å². The van der Waals surface area contributed by atoms with Crippen LogP contribution in [0, 0.1) is 0 Å². The first kappa shape index (κ1) is 14.3. The van der Waals surface area contributed by atoms with Crippen LogP contribution in [0.25, 0.3) is 0 Å². The Kier molecular flexibility index (Phi) is 7.29. The summed E-state index contributed by atoms with van der Waals surface area (Å²) in [6.07, 6.45) is 1.24. The van der Waals surface area contributed by atoms with Gasteiger partial charge in [-0.3, -0.25) is 4.79 Å². The number of carbonyl (C=O) groups excluding carboxylic acids is 1. The third kappa shape index (κ3) is 6.43. The minimum atomic E-state index is -0.802. The quantitative estimate of drug-likeness (QED) is 0.485. The van der Waals surface area contributed by atoms with Crippen LogP contribution in [-0.4, -0.2) is 42.9 Å². The topological polar surface area (TPSA) is 84.6 Å². The molecule has 0 saturated carbocycles. The smallest absolute Gasteiger partial charge is 0.246 e. The monoisotopic (exact) mass is 218 g/mol. The number of hydrogen-bond donors (Lipinski definition) is 3. The molecule has 1 amide bonds. The lowest BCUT2D eigenvalue weighted by Crippen LogP contribution is -2.43. The summed E-state index contributed by atoms with van der Waals surface area (Å²) in [6, 6.07) is 0. The van der Waals surface area contributed by atoms with Crippen LogP contribution in [0.4, 0.5) is 0 Å². The summed E-state index contributed by atoms with van der Waals surface area (Å²) in [5.74, 6) is -0.219. The molecule has 90 valence electrons. The van der Waals surface area contributed by atoms with Crippen LogP contribution >= 0.6 is 0 Å². The van der Waals surface area contributed by atoms with Gasteiger partial charge in [0.15, 0.2) is 0 Å². The molecule has 0 heterocycles. The molecule has 5 nitrogen and oxygen atoms in total. The highest BCUT2D eigenvalue weighted by molar-refractivity contribution is 5.77. The zero-order chi connectivity index (χ0) is 11.7. The molecule has 0 bridgehead atoms. The molecule has 0 atom stereocenters. The summed E-state index contributed by atoms with van der Waals surface area (Å²) in [6.45, 7) is 4.83. The van der Waals surface area contributed by atoms with Crippen molar-refractivity contribution < 1.29 is 14.6 Å². The minimum absolute atomic E-state index is 0.000703. The maximum Gasteiger partial charge on any atom is 0.246 e. The highest BCUT2D eigenvalue weighted by Crippen LogP contribution is 2.12. The van der Waals surface area contributed by atoms with Crippen molar-refractivity contribution >= 4 is 5.91 Å². The van der Waals surface area contributed by atoms with Gasteiger partial charge in [-0.25, -0.2) is 0 Å². The minimum Gasteiger partial charge on any atom is -0.388 e. The molecule has 0 aromatic heterocycles. The molecule has 0 aliphatic heterocycles. The van der Waals surface area contributed by atoms with E-state index in [1.807, 2.05) is 13.8 Å². The molecule has 0 unspecified atom stereocenters. The van der Waals surface area contributed by atoms with Crippen molar-refractivity contribution in [2.75, 3.05) is 26.3 Å². The van der Waals surface area contributed by atoms with Crippen LogP contribution < -0.4 is 11.1 Å². The van der Waals surface area contributed by atoms with Gasteiger partial charge in [0.25, 0.3) is 0 Å². The van der Waals surface area contributed by atoms with Crippen molar-refractivity contribution in [1.82, 2.24) is 5.32 Å². The van der Waals surface area contributed by atoms with Crippen molar-refractivity contribution in [3.63, 3.8) is 0 Å². The molecule has 5 heteroatoms. The van der Waals surface area contributed by atoms with Gasteiger partial charge in [0, 0.05) is 13.1 Å². The predicted octanol–water partition coefficient (Wildman–Crippen LogP) is -0.371. The lowest BCUT2D eigenvalue weighted by Gasteiger charge is -2.25. The highest BCUT2D eigenvalue weighted by atomic mass is 16.5. The fourth-order valence-corrected chi connectivity index (χ4v) is 1.06. The van der Waals surface area contributed by atoms with Gasteiger partial charge < -0.3 is 20.9 Å². The summed E-state index contributed by atoms with van der Waals surface area (Å²) < 4.78 is 4.96. The van der Waals surface area contributed by atoms with E-state index in [9.17, 15) is 9.90 Å². The van der Waals surface area contributed by atoms with Crippen molar-refractivity contribution in [3.05, 3.63) is 0 Å². The van der Waals surface area contributed by atoms with Gasteiger partial charge in [0.2, 0.25) is 5.91 Å². The Balaban J connectivity index is 3.69. The molecule has 0 radical (unpaired) electrons. The van der Waals surface area contributed by atoms with Crippen molar-refractivity contribution in [2.45, 2.75) is 32.3 Å². The second-order valence-electron chi connectivity index (χ2n) is 3.55. The molecule has 0 rings (SSSR count). The molecule has 0 aliphatic carbocycles.